The zero-order chi connectivity index (χ0) is 16.9. The van der Waals surface area contributed by atoms with Crippen molar-refractivity contribution < 1.29 is 9.53 Å². The monoisotopic (exact) mass is 322 g/mol. The third kappa shape index (κ3) is 3.12. The summed E-state index contributed by atoms with van der Waals surface area (Å²) in [5, 5.41) is 7.39. The Morgan fingerprint density at radius 2 is 1.96 bits per heavy atom. The summed E-state index contributed by atoms with van der Waals surface area (Å²) in [4.78, 5) is 16.5. The smallest absolute Gasteiger partial charge is 0.273 e. The maximum Gasteiger partial charge on any atom is 0.273 e. The lowest BCUT2D eigenvalue weighted by atomic mass is 10.1. The summed E-state index contributed by atoms with van der Waals surface area (Å²) in [5.41, 5.74) is 2.74. The molecular formula is C18H18N4O2. The number of pyridine rings is 1. The van der Waals surface area contributed by atoms with Gasteiger partial charge in [-0.15, -0.1) is 0 Å². The second-order valence-electron chi connectivity index (χ2n) is 5.12. The van der Waals surface area contributed by atoms with Gasteiger partial charge in [0.15, 0.2) is 0 Å². The Kier molecular flexibility index (Phi) is 4.56. The van der Waals surface area contributed by atoms with Crippen molar-refractivity contribution in [1.82, 2.24) is 14.8 Å². The average Bonchev–Trinajstić information content (AvgIpc) is 3.07. The zero-order valence-corrected chi connectivity index (χ0v) is 13.6. The van der Waals surface area contributed by atoms with E-state index in [1.165, 1.54) is 0 Å². The van der Waals surface area contributed by atoms with Gasteiger partial charge in [-0.2, -0.15) is 5.10 Å². The van der Waals surface area contributed by atoms with E-state index in [2.05, 4.69) is 15.4 Å². The number of nitrogens with one attached hydrogen (secondary N) is 1. The molecule has 6 nitrogen and oxygen atoms in total. The Labute approximate surface area is 140 Å². The molecule has 6 heteroatoms. The number of methoxy groups -OCH3 is 1. The summed E-state index contributed by atoms with van der Waals surface area (Å²) in [7, 11) is 1.62. The molecule has 24 heavy (non-hydrogen) atoms. The van der Waals surface area contributed by atoms with Gasteiger partial charge in [-0.3, -0.25) is 14.5 Å². The average molecular weight is 322 g/mol. The minimum Gasteiger partial charge on any atom is -0.496 e. The fourth-order valence-electron chi connectivity index (χ4n) is 2.46. The van der Waals surface area contributed by atoms with Crippen LogP contribution in [0.15, 0.2) is 54.9 Å². The Morgan fingerprint density at radius 1 is 1.21 bits per heavy atom. The van der Waals surface area contributed by atoms with E-state index in [4.69, 9.17) is 4.74 Å². The van der Waals surface area contributed by atoms with Gasteiger partial charge >= 0.3 is 0 Å². The van der Waals surface area contributed by atoms with Crippen LogP contribution in [0.3, 0.4) is 0 Å². The van der Waals surface area contributed by atoms with Crippen LogP contribution in [-0.2, 0) is 6.54 Å². The van der Waals surface area contributed by atoms with Crippen molar-refractivity contribution in [3.8, 4) is 17.0 Å². The first kappa shape index (κ1) is 15.7. The number of aryl methyl sites for hydroxylation is 1. The molecule has 2 heterocycles. The largest absolute Gasteiger partial charge is 0.496 e. The predicted octanol–water partition coefficient (Wildman–Crippen LogP) is 3.23. The summed E-state index contributed by atoms with van der Waals surface area (Å²) < 4.78 is 7.06. The number of carbonyl (C=O) groups excluding carboxylic acids is 1. The number of rotatable bonds is 5. The van der Waals surface area contributed by atoms with Crippen molar-refractivity contribution in [1.29, 1.82) is 0 Å². The molecule has 1 aromatic carbocycles. The van der Waals surface area contributed by atoms with Crippen LogP contribution in [0.1, 0.15) is 17.4 Å². The molecule has 0 unspecified atom stereocenters. The van der Waals surface area contributed by atoms with E-state index < -0.39 is 0 Å². The lowest BCUT2D eigenvalue weighted by Crippen LogP contribution is -2.17. The van der Waals surface area contributed by atoms with Crippen LogP contribution in [-0.4, -0.2) is 27.8 Å². The maximum absolute atomic E-state index is 12.6. The molecule has 1 amide bonds. The van der Waals surface area contributed by atoms with E-state index >= 15 is 0 Å². The van der Waals surface area contributed by atoms with Crippen molar-refractivity contribution in [2.45, 2.75) is 13.5 Å². The minimum absolute atomic E-state index is 0.211. The molecule has 3 aromatic rings. The molecule has 122 valence electrons. The SMILES string of the molecule is CCn1nc(-c2ccccc2OC)cc1C(=O)Nc1ccncc1. The predicted molar refractivity (Wildman–Crippen MR) is 92.1 cm³/mol. The molecule has 3 rings (SSSR count). The normalized spacial score (nSPS) is 10.4. The highest BCUT2D eigenvalue weighted by Crippen LogP contribution is 2.29. The van der Waals surface area contributed by atoms with Gasteiger partial charge in [0.05, 0.1) is 12.8 Å². The van der Waals surface area contributed by atoms with Crippen molar-refractivity contribution in [3.05, 3.63) is 60.6 Å². The van der Waals surface area contributed by atoms with Gasteiger partial charge in [0.1, 0.15) is 11.4 Å². The van der Waals surface area contributed by atoms with Crippen molar-refractivity contribution >= 4 is 11.6 Å². The van der Waals surface area contributed by atoms with Crippen molar-refractivity contribution in [2.24, 2.45) is 0 Å². The molecular weight excluding hydrogens is 304 g/mol. The standard InChI is InChI=1S/C18H18N4O2/c1-3-22-16(18(23)20-13-8-10-19-11-9-13)12-15(21-22)14-6-4-5-7-17(14)24-2/h4-12H,3H2,1-2H3,(H,19,20,23). The van der Waals surface area contributed by atoms with Gasteiger partial charge < -0.3 is 10.1 Å². The third-order valence-corrected chi connectivity index (χ3v) is 3.63. The number of aromatic nitrogens is 3. The molecule has 1 N–H and O–H groups in total. The van der Waals surface area contributed by atoms with Gasteiger partial charge in [-0.05, 0) is 37.3 Å². The highest BCUT2D eigenvalue weighted by molar-refractivity contribution is 6.03. The maximum atomic E-state index is 12.6. The highest BCUT2D eigenvalue weighted by atomic mass is 16.5. The van der Waals surface area contributed by atoms with Crippen molar-refractivity contribution in [2.75, 3.05) is 12.4 Å². The lowest BCUT2D eigenvalue weighted by molar-refractivity contribution is 0.101. The Bertz CT molecular complexity index is 843. The summed E-state index contributed by atoms with van der Waals surface area (Å²) in [6.07, 6.45) is 3.26. The van der Waals surface area contributed by atoms with Crippen molar-refractivity contribution in [3.63, 3.8) is 0 Å². The minimum atomic E-state index is -0.211. The quantitative estimate of drug-likeness (QED) is 0.783. The Morgan fingerprint density at radius 3 is 2.67 bits per heavy atom. The van der Waals surface area contributed by atoms with Crippen LogP contribution in [0.4, 0.5) is 5.69 Å². The van der Waals surface area contributed by atoms with Crippen LogP contribution < -0.4 is 10.1 Å². The topological polar surface area (TPSA) is 69.0 Å². The molecule has 0 aliphatic heterocycles. The van der Waals surface area contributed by atoms with Gasteiger partial charge in [-0.1, -0.05) is 12.1 Å². The molecule has 0 bridgehead atoms. The third-order valence-electron chi connectivity index (χ3n) is 3.63. The number of benzene rings is 1. The Balaban J connectivity index is 1.94. The molecule has 0 spiro atoms. The number of anilines is 1. The van der Waals surface area contributed by atoms with Crippen LogP contribution in [0.5, 0.6) is 5.75 Å². The number of hydrogen-bond acceptors (Lipinski definition) is 4. The number of ether oxygens (including phenoxy) is 1. The molecule has 0 fully saturated rings. The van der Waals surface area contributed by atoms with E-state index in [1.54, 1.807) is 42.4 Å². The van der Waals surface area contributed by atoms with Gasteiger partial charge in [-0.25, -0.2) is 0 Å². The number of nitrogens with zero attached hydrogens (tertiary/aromatic N) is 3. The van der Waals surface area contributed by atoms with E-state index in [0.717, 1.165) is 11.3 Å². The number of hydrogen-bond donors (Lipinski definition) is 1. The first-order valence-corrected chi connectivity index (χ1v) is 7.65. The summed E-state index contributed by atoms with van der Waals surface area (Å²) >= 11 is 0. The lowest BCUT2D eigenvalue weighted by Gasteiger charge is -2.05. The highest BCUT2D eigenvalue weighted by Gasteiger charge is 2.17. The van der Waals surface area contributed by atoms with E-state index in [-0.39, 0.29) is 5.91 Å². The molecule has 0 saturated heterocycles. The number of amides is 1. The second-order valence-corrected chi connectivity index (χ2v) is 5.12. The molecule has 0 aliphatic rings. The number of para-hydroxylation sites is 1. The van der Waals surface area contributed by atoms with Crippen LogP contribution >= 0.6 is 0 Å². The van der Waals surface area contributed by atoms with Crippen LogP contribution in [0.2, 0.25) is 0 Å². The van der Waals surface area contributed by atoms with E-state index in [9.17, 15) is 4.79 Å². The van der Waals surface area contributed by atoms with Gasteiger partial charge in [0, 0.05) is 30.2 Å². The first-order chi connectivity index (χ1) is 11.7. The first-order valence-electron chi connectivity index (χ1n) is 7.65. The molecule has 0 atom stereocenters. The molecule has 0 radical (unpaired) electrons. The van der Waals surface area contributed by atoms with Crippen LogP contribution in [0, 0.1) is 0 Å². The Hall–Kier alpha value is -3.15. The van der Waals surface area contributed by atoms with E-state index in [1.807, 2.05) is 31.2 Å². The molecule has 2 aromatic heterocycles. The fraction of sp³-hybridized carbons (Fsp3) is 0.167. The van der Waals surface area contributed by atoms with Gasteiger partial charge in [0.2, 0.25) is 0 Å². The summed E-state index contributed by atoms with van der Waals surface area (Å²) in [6.45, 7) is 2.54. The van der Waals surface area contributed by atoms with Gasteiger partial charge in [0.25, 0.3) is 5.91 Å². The summed E-state index contributed by atoms with van der Waals surface area (Å²) in [5.74, 6) is 0.510. The zero-order valence-electron chi connectivity index (χ0n) is 13.6. The number of carbonyl (C=O) groups is 1. The molecule has 0 aliphatic carbocycles. The summed E-state index contributed by atoms with van der Waals surface area (Å²) in [6, 6.07) is 12.9. The van der Waals surface area contributed by atoms with Crippen LogP contribution in [0.25, 0.3) is 11.3 Å². The molecule has 0 saturated carbocycles. The van der Waals surface area contributed by atoms with E-state index in [0.29, 0.717) is 23.6 Å². The fourth-order valence-corrected chi connectivity index (χ4v) is 2.46. The second kappa shape index (κ2) is 6.95.